The number of hydrogen-bond acceptors (Lipinski definition) is 1. The first-order valence-corrected chi connectivity index (χ1v) is 7.54. The normalized spacial score (nSPS) is 12.3. The Bertz CT molecular complexity index is 619. The molecule has 1 unspecified atom stereocenters. The van der Waals surface area contributed by atoms with E-state index >= 15 is 0 Å². The lowest BCUT2D eigenvalue weighted by Gasteiger charge is -2.19. The van der Waals surface area contributed by atoms with E-state index in [1.54, 1.807) is 0 Å². The third kappa shape index (κ3) is 3.33. The Hall–Kier alpha value is -1.06. The van der Waals surface area contributed by atoms with Crippen LogP contribution in [0.2, 0.25) is 5.02 Å². The average molecular weight is 357 g/mol. The largest absolute Gasteiger partial charge is 0.376 e. The first-order chi connectivity index (χ1) is 9.38. The second-order valence-electron chi connectivity index (χ2n) is 4.95. The Morgan fingerprint density at radius 1 is 1.15 bits per heavy atom. The van der Waals surface area contributed by atoms with Gasteiger partial charge in [-0.2, -0.15) is 0 Å². The van der Waals surface area contributed by atoms with Crippen molar-refractivity contribution >= 4 is 33.2 Å². The molecule has 2 aromatic carbocycles. The molecule has 0 saturated heterocycles. The van der Waals surface area contributed by atoms with Crippen LogP contribution in [0.15, 0.2) is 34.8 Å². The maximum absolute atomic E-state index is 13.2. The van der Waals surface area contributed by atoms with Gasteiger partial charge in [0, 0.05) is 10.5 Å². The van der Waals surface area contributed by atoms with Crippen molar-refractivity contribution in [2.24, 2.45) is 0 Å². The van der Waals surface area contributed by atoms with Crippen molar-refractivity contribution in [3.63, 3.8) is 0 Å². The second-order valence-corrected chi connectivity index (χ2v) is 6.22. The first kappa shape index (κ1) is 15.3. The van der Waals surface area contributed by atoms with Crippen LogP contribution in [-0.4, -0.2) is 0 Å². The van der Waals surface area contributed by atoms with Gasteiger partial charge < -0.3 is 5.32 Å². The summed E-state index contributed by atoms with van der Waals surface area (Å²) in [4.78, 5) is 0. The molecule has 106 valence electrons. The molecule has 0 amide bonds. The standard InChI is InChI=1S/C16H16BrClFN/c1-9-4-5-12(6-10(9)2)11(3)20-16-14(17)7-13(19)8-15(16)18/h4-8,11,20H,1-3H3. The van der Waals surface area contributed by atoms with Crippen molar-refractivity contribution in [2.75, 3.05) is 5.32 Å². The smallest absolute Gasteiger partial charge is 0.125 e. The first-order valence-electron chi connectivity index (χ1n) is 6.36. The molecule has 2 aromatic rings. The van der Waals surface area contributed by atoms with E-state index in [-0.39, 0.29) is 11.9 Å². The zero-order valence-corrected chi connectivity index (χ0v) is 13.9. The molecule has 20 heavy (non-hydrogen) atoms. The zero-order valence-electron chi connectivity index (χ0n) is 11.6. The number of halogens is 3. The number of benzene rings is 2. The monoisotopic (exact) mass is 355 g/mol. The number of hydrogen-bond donors (Lipinski definition) is 1. The third-order valence-electron chi connectivity index (χ3n) is 3.40. The Morgan fingerprint density at radius 2 is 1.85 bits per heavy atom. The minimum Gasteiger partial charge on any atom is -0.376 e. The lowest BCUT2D eigenvalue weighted by Crippen LogP contribution is -2.08. The van der Waals surface area contributed by atoms with E-state index in [9.17, 15) is 4.39 Å². The highest BCUT2D eigenvalue weighted by atomic mass is 79.9. The van der Waals surface area contributed by atoms with Crippen LogP contribution in [0.1, 0.15) is 29.7 Å². The average Bonchev–Trinajstić information content (AvgIpc) is 2.36. The van der Waals surface area contributed by atoms with E-state index < -0.39 is 0 Å². The molecule has 1 atom stereocenters. The Kier molecular flexibility index (Phi) is 4.71. The summed E-state index contributed by atoms with van der Waals surface area (Å²) in [6.45, 7) is 6.23. The predicted molar refractivity (Wildman–Crippen MR) is 87.1 cm³/mol. The molecule has 4 heteroatoms. The Morgan fingerprint density at radius 3 is 2.45 bits per heavy atom. The molecule has 1 N–H and O–H groups in total. The minimum absolute atomic E-state index is 0.0774. The van der Waals surface area contributed by atoms with Gasteiger partial charge in [-0.15, -0.1) is 0 Å². The molecule has 0 radical (unpaired) electrons. The second kappa shape index (κ2) is 6.15. The molecule has 0 aliphatic carbocycles. The van der Waals surface area contributed by atoms with Crippen molar-refractivity contribution < 1.29 is 4.39 Å². The minimum atomic E-state index is -0.355. The summed E-state index contributed by atoms with van der Waals surface area (Å²) in [6.07, 6.45) is 0. The van der Waals surface area contributed by atoms with E-state index in [1.165, 1.54) is 28.8 Å². The van der Waals surface area contributed by atoms with Crippen LogP contribution < -0.4 is 5.32 Å². The summed E-state index contributed by atoms with van der Waals surface area (Å²) in [6, 6.07) is 9.13. The molecule has 0 heterocycles. The van der Waals surface area contributed by atoms with Crippen LogP contribution in [-0.2, 0) is 0 Å². The topological polar surface area (TPSA) is 12.0 Å². The van der Waals surface area contributed by atoms with Crippen LogP contribution in [0.3, 0.4) is 0 Å². The summed E-state index contributed by atoms with van der Waals surface area (Å²) >= 11 is 9.43. The quantitative estimate of drug-likeness (QED) is 0.708. The number of rotatable bonds is 3. The lowest BCUT2D eigenvalue weighted by molar-refractivity contribution is 0.627. The van der Waals surface area contributed by atoms with Gasteiger partial charge in [-0.3, -0.25) is 0 Å². The lowest BCUT2D eigenvalue weighted by atomic mass is 10.0. The summed E-state index contributed by atoms with van der Waals surface area (Å²) in [5, 5.41) is 3.69. The molecule has 2 rings (SSSR count). The fourth-order valence-corrected chi connectivity index (χ4v) is 2.94. The predicted octanol–water partition coefficient (Wildman–Crippen LogP) is 6.03. The molecule has 0 aromatic heterocycles. The molecule has 0 saturated carbocycles. The molecule has 0 aliphatic heterocycles. The van der Waals surface area contributed by atoms with Gasteiger partial charge in [-0.05, 0) is 65.5 Å². The van der Waals surface area contributed by atoms with Gasteiger partial charge >= 0.3 is 0 Å². The van der Waals surface area contributed by atoms with Crippen molar-refractivity contribution in [1.29, 1.82) is 0 Å². The summed E-state index contributed by atoms with van der Waals surface area (Å²) < 4.78 is 13.8. The third-order valence-corrected chi connectivity index (χ3v) is 4.32. The van der Waals surface area contributed by atoms with E-state index in [0.29, 0.717) is 15.2 Å². The van der Waals surface area contributed by atoms with Gasteiger partial charge in [-0.25, -0.2) is 4.39 Å². The number of anilines is 1. The molecule has 0 fully saturated rings. The fourth-order valence-electron chi connectivity index (χ4n) is 2.01. The summed E-state index contributed by atoms with van der Waals surface area (Å²) in [5.41, 5.74) is 4.39. The van der Waals surface area contributed by atoms with Crippen molar-refractivity contribution in [2.45, 2.75) is 26.8 Å². The van der Waals surface area contributed by atoms with Gasteiger partial charge in [0.25, 0.3) is 0 Å². The van der Waals surface area contributed by atoms with Crippen molar-refractivity contribution in [3.8, 4) is 0 Å². The maximum atomic E-state index is 13.2. The van der Waals surface area contributed by atoms with Crippen LogP contribution in [0.4, 0.5) is 10.1 Å². The van der Waals surface area contributed by atoms with Crippen molar-refractivity contribution in [3.05, 3.63) is 62.3 Å². The highest BCUT2D eigenvalue weighted by molar-refractivity contribution is 9.10. The SMILES string of the molecule is Cc1ccc(C(C)Nc2c(Cl)cc(F)cc2Br)cc1C. The van der Waals surface area contributed by atoms with Gasteiger partial charge in [0.15, 0.2) is 0 Å². The van der Waals surface area contributed by atoms with Gasteiger partial charge in [0.2, 0.25) is 0 Å². The summed E-state index contributed by atoms with van der Waals surface area (Å²) in [7, 11) is 0. The van der Waals surface area contributed by atoms with Crippen molar-refractivity contribution in [1.82, 2.24) is 0 Å². The highest BCUT2D eigenvalue weighted by Crippen LogP contribution is 2.34. The molecular formula is C16H16BrClFN. The van der Waals surface area contributed by atoms with E-state index in [4.69, 9.17) is 11.6 Å². The fraction of sp³-hybridized carbons (Fsp3) is 0.250. The molecule has 0 bridgehead atoms. The van der Waals surface area contributed by atoms with E-state index in [0.717, 1.165) is 0 Å². The van der Waals surface area contributed by atoms with E-state index in [2.05, 4.69) is 60.2 Å². The van der Waals surface area contributed by atoms with Gasteiger partial charge in [0.1, 0.15) is 5.82 Å². The van der Waals surface area contributed by atoms with Gasteiger partial charge in [0.05, 0.1) is 10.7 Å². The highest BCUT2D eigenvalue weighted by Gasteiger charge is 2.12. The maximum Gasteiger partial charge on any atom is 0.125 e. The number of nitrogens with one attached hydrogen (secondary N) is 1. The van der Waals surface area contributed by atoms with E-state index in [1.807, 2.05) is 0 Å². The molecule has 1 nitrogen and oxygen atoms in total. The van der Waals surface area contributed by atoms with Crippen LogP contribution >= 0.6 is 27.5 Å². The van der Waals surface area contributed by atoms with Crippen LogP contribution in [0, 0.1) is 19.7 Å². The van der Waals surface area contributed by atoms with Crippen LogP contribution in [0.5, 0.6) is 0 Å². The number of aryl methyl sites for hydroxylation is 2. The van der Waals surface area contributed by atoms with Gasteiger partial charge in [-0.1, -0.05) is 29.8 Å². The Balaban J connectivity index is 2.27. The van der Waals surface area contributed by atoms with Crippen LogP contribution in [0.25, 0.3) is 0 Å². The molecular weight excluding hydrogens is 341 g/mol. The molecule has 0 aliphatic rings. The Labute approximate surface area is 132 Å². The zero-order chi connectivity index (χ0) is 14.9. The molecule has 0 spiro atoms. The summed E-state index contributed by atoms with van der Waals surface area (Å²) in [5.74, 6) is -0.355.